The van der Waals surface area contributed by atoms with Crippen molar-refractivity contribution < 1.29 is 14.4 Å². The third-order valence-electron chi connectivity index (χ3n) is 6.79. The molecule has 0 aromatic carbocycles. The smallest absolute Gasteiger partial charge is 0.274 e. The van der Waals surface area contributed by atoms with Gasteiger partial charge in [-0.05, 0) is 32.6 Å². The van der Waals surface area contributed by atoms with Gasteiger partial charge in [-0.3, -0.25) is 19.1 Å². The second kappa shape index (κ2) is 7.80. The summed E-state index contributed by atoms with van der Waals surface area (Å²) in [5.41, 5.74) is -0.359. The molecular formula is C21H31N5O3. The van der Waals surface area contributed by atoms with Crippen molar-refractivity contribution in [1.82, 2.24) is 24.9 Å². The molecule has 1 aliphatic carbocycles. The Kier molecular flexibility index (Phi) is 5.36. The second-order valence-electron chi connectivity index (χ2n) is 8.87. The number of amides is 3. The fraction of sp³-hybridized carbons (Fsp3) is 0.714. The minimum atomic E-state index is -1.03. The summed E-state index contributed by atoms with van der Waals surface area (Å²) in [5, 5.41) is 7.56. The number of likely N-dealkylation sites (tertiary alicyclic amines) is 1. The SMILES string of the molecule is CN1C(=O)c2cc(C(=O)N3CCCCCC3)nn2CC1(C)C(=O)NC1CCCC1. The maximum atomic E-state index is 13.0. The molecule has 1 saturated carbocycles. The minimum absolute atomic E-state index is 0.124. The van der Waals surface area contributed by atoms with Crippen molar-refractivity contribution in [3.63, 3.8) is 0 Å². The van der Waals surface area contributed by atoms with Crippen LogP contribution in [0.2, 0.25) is 0 Å². The van der Waals surface area contributed by atoms with E-state index in [2.05, 4.69) is 10.4 Å². The van der Waals surface area contributed by atoms with Crippen molar-refractivity contribution in [2.45, 2.75) is 76.4 Å². The number of rotatable bonds is 3. The molecular weight excluding hydrogens is 370 g/mol. The Morgan fingerprint density at radius 2 is 1.76 bits per heavy atom. The fourth-order valence-electron chi connectivity index (χ4n) is 4.68. The van der Waals surface area contributed by atoms with Crippen LogP contribution in [0.15, 0.2) is 6.07 Å². The molecule has 1 aromatic heterocycles. The van der Waals surface area contributed by atoms with Crippen molar-refractivity contribution in [2.24, 2.45) is 0 Å². The van der Waals surface area contributed by atoms with Crippen LogP contribution in [0.5, 0.6) is 0 Å². The number of aromatic nitrogens is 2. The van der Waals surface area contributed by atoms with E-state index in [9.17, 15) is 14.4 Å². The molecule has 2 fully saturated rings. The number of hydrogen-bond acceptors (Lipinski definition) is 4. The zero-order chi connectivity index (χ0) is 20.6. The van der Waals surface area contributed by atoms with Crippen LogP contribution in [0, 0.1) is 0 Å². The lowest BCUT2D eigenvalue weighted by Crippen LogP contribution is -2.63. The normalized spacial score (nSPS) is 25.7. The van der Waals surface area contributed by atoms with E-state index in [4.69, 9.17) is 0 Å². The number of nitrogens with one attached hydrogen (secondary N) is 1. The molecule has 1 atom stereocenters. The lowest BCUT2D eigenvalue weighted by Gasteiger charge is -2.41. The van der Waals surface area contributed by atoms with E-state index in [0.29, 0.717) is 11.4 Å². The molecule has 29 heavy (non-hydrogen) atoms. The Morgan fingerprint density at radius 3 is 2.41 bits per heavy atom. The van der Waals surface area contributed by atoms with Gasteiger partial charge < -0.3 is 15.1 Å². The molecule has 3 amide bonds. The van der Waals surface area contributed by atoms with Crippen LogP contribution in [-0.4, -0.2) is 69.0 Å². The lowest BCUT2D eigenvalue weighted by atomic mass is 9.95. The van der Waals surface area contributed by atoms with Crippen LogP contribution >= 0.6 is 0 Å². The van der Waals surface area contributed by atoms with Gasteiger partial charge in [-0.25, -0.2) is 0 Å². The monoisotopic (exact) mass is 401 g/mol. The summed E-state index contributed by atoms with van der Waals surface area (Å²) < 4.78 is 1.54. The highest BCUT2D eigenvalue weighted by molar-refractivity contribution is 6.01. The Hall–Kier alpha value is -2.38. The minimum Gasteiger partial charge on any atom is -0.351 e. The summed E-state index contributed by atoms with van der Waals surface area (Å²) in [4.78, 5) is 42.3. The van der Waals surface area contributed by atoms with Crippen molar-refractivity contribution >= 4 is 17.7 Å². The van der Waals surface area contributed by atoms with Crippen LogP contribution in [-0.2, 0) is 11.3 Å². The highest BCUT2D eigenvalue weighted by Gasteiger charge is 2.47. The summed E-state index contributed by atoms with van der Waals surface area (Å²) in [7, 11) is 1.66. The number of carbonyl (C=O) groups is 3. The number of carbonyl (C=O) groups excluding carboxylic acids is 3. The quantitative estimate of drug-likeness (QED) is 0.837. The maximum Gasteiger partial charge on any atom is 0.274 e. The van der Waals surface area contributed by atoms with E-state index >= 15 is 0 Å². The topological polar surface area (TPSA) is 87.5 Å². The van der Waals surface area contributed by atoms with E-state index in [-0.39, 0.29) is 30.3 Å². The first kappa shape index (κ1) is 19.9. The average Bonchev–Trinajstić information content (AvgIpc) is 3.28. The zero-order valence-electron chi connectivity index (χ0n) is 17.4. The van der Waals surface area contributed by atoms with E-state index in [0.717, 1.165) is 64.5 Å². The molecule has 1 N–H and O–H groups in total. The first-order valence-corrected chi connectivity index (χ1v) is 10.9. The molecule has 0 radical (unpaired) electrons. The standard InChI is InChI=1S/C21H31N5O3/c1-21(20(29)22-15-9-5-6-10-15)14-26-17(19(28)24(21)2)13-16(23-26)18(27)25-11-7-3-4-8-12-25/h13,15H,3-12,14H2,1-2H3,(H,22,29). The molecule has 8 nitrogen and oxygen atoms in total. The Labute approximate surface area is 171 Å². The Morgan fingerprint density at radius 1 is 1.10 bits per heavy atom. The number of fused-ring (bicyclic) bond motifs is 1. The molecule has 2 aliphatic heterocycles. The van der Waals surface area contributed by atoms with Crippen LogP contribution in [0.25, 0.3) is 0 Å². The Balaban J connectivity index is 1.55. The van der Waals surface area contributed by atoms with Gasteiger partial charge in [-0.2, -0.15) is 5.10 Å². The van der Waals surface area contributed by atoms with Gasteiger partial charge in [0.05, 0.1) is 6.54 Å². The van der Waals surface area contributed by atoms with Crippen molar-refractivity contribution in [1.29, 1.82) is 0 Å². The van der Waals surface area contributed by atoms with Gasteiger partial charge in [0.2, 0.25) is 5.91 Å². The number of hydrogen-bond donors (Lipinski definition) is 1. The summed E-state index contributed by atoms with van der Waals surface area (Å²) in [6.45, 7) is 3.49. The molecule has 0 spiro atoms. The summed E-state index contributed by atoms with van der Waals surface area (Å²) >= 11 is 0. The van der Waals surface area contributed by atoms with Crippen molar-refractivity contribution in [2.75, 3.05) is 20.1 Å². The highest BCUT2D eigenvalue weighted by atomic mass is 16.2. The van der Waals surface area contributed by atoms with E-state index in [1.54, 1.807) is 24.7 Å². The molecule has 1 aromatic rings. The van der Waals surface area contributed by atoms with Gasteiger partial charge in [0.1, 0.15) is 11.2 Å². The van der Waals surface area contributed by atoms with Crippen LogP contribution in [0.1, 0.15) is 79.3 Å². The number of nitrogens with zero attached hydrogens (tertiary/aromatic N) is 4. The van der Waals surface area contributed by atoms with E-state index < -0.39 is 5.54 Å². The largest absolute Gasteiger partial charge is 0.351 e. The Bertz CT molecular complexity index is 805. The molecule has 1 unspecified atom stereocenters. The summed E-state index contributed by atoms with van der Waals surface area (Å²) in [6.07, 6.45) is 8.51. The van der Waals surface area contributed by atoms with Gasteiger partial charge in [0.25, 0.3) is 11.8 Å². The predicted molar refractivity (Wildman–Crippen MR) is 107 cm³/mol. The van der Waals surface area contributed by atoms with E-state index in [1.165, 1.54) is 4.90 Å². The van der Waals surface area contributed by atoms with E-state index in [1.807, 2.05) is 4.90 Å². The summed E-state index contributed by atoms with van der Waals surface area (Å²) in [5.74, 6) is -0.550. The van der Waals surface area contributed by atoms with Gasteiger partial charge in [0.15, 0.2) is 5.69 Å². The molecule has 0 bridgehead atoms. The van der Waals surface area contributed by atoms with Gasteiger partial charge >= 0.3 is 0 Å². The van der Waals surface area contributed by atoms with Gasteiger partial charge in [0, 0.05) is 32.2 Å². The lowest BCUT2D eigenvalue weighted by molar-refractivity contribution is -0.133. The van der Waals surface area contributed by atoms with Crippen LogP contribution in [0.3, 0.4) is 0 Å². The molecule has 3 aliphatic rings. The second-order valence-corrected chi connectivity index (χ2v) is 8.87. The van der Waals surface area contributed by atoms with Crippen LogP contribution < -0.4 is 5.32 Å². The highest BCUT2D eigenvalue weighted by Crippen LogP contribution is 2.28. The summed E-state index contributed by atoms with van der Waals surface area (Å²) in [6, 6.07) is 1.77. The van der Waals surface area contributed by atoms with Crippen molar-refractivity contribution in [3.05, 3.63) is 17.5 Å². The molecule has 4 rings (SSSR count). The maximum absolute atomic E-state index is 13.0. The first-order chi connectivity index (χ1) is 13.9. The average molecular weight is 402 g/mol. The third-order valence-corrected chi connectivity index (χ3v) is 6.79. The third kappa shape index (κ3) is 3.65. The molecule has 1 saturated heterocycles. The first-order valence-electron chi connectivity index (χ1n) is 10.9. The van der Waals surface area contributed by atoms with Crippen molar-refractivity contribution in [3.8, 4) is 0 Å². The number of likely N-dealkylation sites (N-methyl/N-ethyl adjacent to an activating group) is 1. The van der Waals surface area contributed by atoms with Crippen LogP contribution in [0.4, 0.5) is 0 Å². The van der Waals surface area contributed by atoms with Gasteiger partial charge in [-0.15, -0.1) is 0 Å². The molecule has 3 heterocycles. The zero-order valence-corrected chi connectivity index (χ0v) is 17.4. The van der Waals surface area contributed by atoms with Gasteiger partial charge in [-0.1, -0.05) is 25.7 Å². The predicted octanol–water partition coefficient (Wildman–Crippen LogP) is 1.80. The molecule has 8 heteroatoms. The fourth-order valence-corrected chi connectivity index (χ4v) is 4.68. The molecule has 158 valence electrons.